The van der Waals surface area contributed by atoms with Crippen LogP contribution in [0.15, 0.2) is 12.7 Å². The molecule has 0 amide bonds. The molecule has 0 bridgehead atoms. The van der Waals surface area contributed by atoms with E-state index in [2.05, 4.69) is 6.58 Å². The van der Waals surface area contributed by atoms with Gasteiger partial charge in [0.1, 0.15) is 0 Å². The van der Waals surface area contributed by atoms with Gasteiger partial charge in [0, 0.05) is 0 Å². The van der Waals surface area contributed by atoms with Crippen molar-refractivity contribution in [2.45, 2.75) is 5.28 Å². The van der Waals surface area contributed by atoms with Crippen LogP contribution in [-0.4, -0.2) is 16.3 Å². The van der Waals surface area contributed by atoms with E-state index in [0.29, 0.717) is 0 Å². The number of rotatable bonds is 1. The van der Waals surface area contributed by atoms with Crippen LogP contribution < -0.4 is 0 Å². The lowest BCUT2D eigenvalue weighted by atomic mass is 10.8. The molecular weight excluding hydrogens is 63.0 g/mol. The van der Waals surface area contributed by atoms with Gasteiger partial charge in [0.2, 0.25) is 16.3 Å². The molecule has 0 saturated carbocycles. The summed E-state index contributed by atoms with van der Waals surface area (Å²) in [4.78, 5) is 0. The van der Waals surface area contributed by atoms with Crippen molar-refractivity contribution in [3.8, 4) is 0 Å². The fourth-order valence-corrected chi connectivity index (χ4v) is 0. The average Bonchev–Trinajstić information content (AvgIpc) is 1.37. The molecule has 0 unspecified atom stereocenters. The normalized spacial score (nSPS) is 6.00. The van der Waals surface area contributed by atoms with Gasteiger partial charge in [0.15, 0.2) is 0 Å². The predicted octanol–water partition coefficient (Wildman–Crippen LogP) is 0.224. The molecule has 1 heteroatoms. The quantitative estimate of drug-likeness (QED) is 0.306. The van der Waals surface area contributed by atoms with Crippen molar-refractivity contribution < 1.29 is 0 Å². The fraction of sp³-hybridized carbons (Fsp3) is 0.333. The maximum Gasteiger partial charge on any atom is 0.217 e. The Morgan fingerprint density at radius 1 is 2.00 bits per heavy atom. The van der Waals surface area contributed by atoms with Crippen LogP contribution in [0.3, 0.4) is 0 Å². The van der Waals surface area contributed by atoms with Crippen LogP contribution in [-0.2, 0) is 0 Å². The summed E-state index contributed by atoms with van der Waals surface area (Å²) in [5.74, 6) is 0. The zero-order valence-corrected chi connectivity index (χ0v) is 4.99. The van der Waals surface area contributed by atoms with Crippen molar-refractivity contribution in [2.75, 3.05) is 0 Å². The largest absolute Gasteiger partial charge is 0.217 e. The van der Waals surface area contributed by atoms with Gasteiger partial charge >= 0.3 is 0 Å². The molecule has 0 saturated heterocycles. The van der Waals surface area contributed by atoms with E-state index in [-0.39, 0.29) is 0 Å². The molecule has 0 aliphatic rings. The van der Waals surface area contributed by atoms with E-state index in [4.69, 9.17) is 0 Å². The standard InChI is InChI=1S/C3H5.Al.2H/c1-3-2;;;/h3H,1-2H2;;;. The van der Waals surface area contributed by atoms with E-state index >= 15 is 0 Å². The molecular formula is C3H7Al. The minimum Gasteiger partial charge on any atom is -0.105 e. The molecule has 0 aromatic carbocycles. The van der Waals surface area contributed by atoms with Crippen LogP contribution in [0.25, 0.3) is 0 Å². The molecule has 0 aliphatic heterocycles. The monoisotopic (exact) mass is 70.0 g/mol. The Labute approximate surface area is 34.9 Å². The first-order chi connectivity index (χ1) is 1.91. The topological polar surface area (TPSA) is 0 Å². The summed E-state index contributed by atoms with van der Waals surface area (Å²) in [6, 6.07) is 0. The third-order valence-corrected chi connectivity index (χ3v) is 0.866. The van der Waals surface area contributed by atoms with Crippen molar-refractivity contribution >= 4 is 16.3 Å². The third kappa shape index (κ3) is 2.27. The van der Waals surface area contributed by atoms with Crippen LogP contribution in [0.2, 0.25) is 5.28 Å². The third-order valence-electron chi connectivity index (χ3n) is 0.289. The zero-order chi connectivity index (χ0) is 3.41. The van der Waals surface area contributed by atoms with Gasteiger partial charge in [-0.2, -0.15) is 0 Å². The van der Waals surface area contributed by atoms with Gasteiger partial charge in [-0.15, -0.1) is 12.7 Å². The second-order valence-electron chi connectivity index (χ2n) is 0.697. The van der Waals surface area contributed by atoms with Gasteiger partial charge in [0.25, 0.3) is 0 Å². The highest BCUT2D eigenvalue weighted by molar-refractivity contribution is 6.09. The summed E-state index contributed by atoms with van der Waals surface area (Å²) >= 11 is 1.27. The van der Waals surface area contributed by atoms with Crippen LogP contribution >= 0.6 is 0 Å². The second-order valence-corrected chi connectivity index (χ2v) is 1.51. The van der Waals surface area contributed by atoms with Gasteiger partial charge in [-0.05, 0) is 0 Å². The molecule has 0 aromatic heterocycles. The Bertz CT molecular complexity index is 17.2. The minimum atomic E-state index is 1.22. The summed E-state index contributed by atoms with van der Waals surface area (Å²) in [6.45, 7) is 3.51. The summed E-state index contributed by atoms with van der Waals surface area (Å²) in [5.41, 5.74) is 0. The zero-order valence-electron chi connectivity index (χ0n) is 2.99. The molecule has 0 nitrogen and oxygen atoms in total. The molecule has 0 spiro atoms. The number of allylic oxidation sites excluding steroid dienone is 1. The van der Waals surface area contributed by atoms with Gasteiger partial charge in [-0.3, -0.25) is 0 Å². The van der Waals surface area contributed by atoms with E-state index in [1.807, 2.05) is 6.08 Å². The molecule has 0 aromatic rings. The Hall–Kier alpha value is 0.272. The van der Waals surface area contributed by atoms with Crippen LogP contribution in [0, 0.1) is 0 Å². The van der Waals surface area contributed by atoms with E-state index in [9.17, 15) is 0 Å². The molecule has 22 valence electrons. The molecule has 0 rings (SSSR count). The number of hydrogen-bond donors (Lipinski definition) is 0. The SMILES string of the molecule is C=C[CH2][AlH2]. The van der Waals surface area contributed by atoms with Gasteiger partial charge in [0.05, 0.1) is 0 Å². The molecule has 4 heavy (non-hydrogen) atoms. The van der Waals surface area contributed by atoms with Crippen LogP contribution in [0.5, 0.6) is 0 Å². The fourth-order valence-electron chi connectivity index (χ4n) is 0. The molecule has 0 atom stereocenters. The Morgan fingerprint density at radius 2 is 2.25 bits per heavy atom. The van der Waals surface area contributed by atoms with E-state index in [1.54, 1.807) is 0 Å². The molecule has 0 fully saturated rings. The maximum atomic E-state index is 3.51. The van der Waals surface area contributed by atoms with Crippen molar-refractivity contribution in [2.24, 2.45) is 0 Å². The molecule has 0 radical (unpaired) electrons. The highest BCUT2D eigenvalue weighted by Gasteiger charge is 1.49. The minimum absolute atomic E-state index is 1.22. The number of hydrogen-bond acceptors (Lipinski definition) is 0. The van der Waals surface area contributed by atoms with Crippen LogP contribution in [0.4, 0.5) is 0 Å². The van der Waals surface area contributed by atoms with Crippen molar-refractivity contribution in [3.63, 3.8) is 0 Å². The summed E-state index contributed by atoms with van der Waals surface area (Å²) < 4.78 is 0. The lowest BCUT2D eigenvalue weighted by molar-refractivity contribution is 1.76. The first kappa shape index (κ1) is 4.27. The Morgan fingerprint density at radius 3 is 2.25 bits per heavy atom. The maximum absolute atomic E-state index is 3.51. The van der Waals surface area contributed by atoms with E-state index in [0.717, 1.165) is 0 Å². The summed E-state index contributed by atoms with van der Waals surface area (Å²) in [5, 5.41) is 1.22. The van der Waals surface area contributed by atoms with Gasteiger partial charge in [-0.1, -0.05) is 5.28 Å². The van der Waals surface area contributed by atoms with Gasteiger partial charge < -0.3 is 0 Å². The van der Waals surface area contributed by atoms with Crippen LogP contribution in [0.1, 0.15) is 0 Å². The van der Waals surface area contributed by atoms with E-state index < -0.39 is 0 Å². The highest BCUT2D eigenvalue weighted by atomic mass is 27.0. The first-order valence-corrected chi connectivity index (χ1v) is 2.94. The lowest BCUT2D eigenvalue weighted by Crippen LogP contribution is -1.47. The summed E-state index contributed by atoms with van der Waals surface area (Å²) in [6.07, 6.45) is 1.94. The summed E-state index contributed by atoms with van der Waals surface area (Å²) in [7, 11) is 0. The van der Waals surface area contributed by atoms with Crippen molar-refractivity contribution in [1.29, 1.82) is 0 Å². The van der Waals surface area contributed by atoms with Crippen molar-refractivity contribution in [1.82, 2.24) is 0 Å². The predicted molar refractivity (Wildman–Crippen MR) is 23.5 cm³/mol. The smallest absolute Gasteiger partial charge is 0.105 e. The highest BCUT2D eigenvalue weighted by Crippen LogP contribution is 1.61. The Kier molecular flexibility index (Phi) is 3.50. The molecule has 0 heterocycles. The van der Waals surface area contributed by atoms with Gasteiger partial charge in [-0.25, -0.2) is 0 Å². The molecule has 0 aliphatic carbocycles. The second kappa shape index (κ2) is 3.27. The lowest BCUT2D eigenvalue weighted by Gasteiger charge is -1.55. The first-order valence-electron chi connectivity index (χ1n) is 1.52. The van der Waals surface area contributed by atoms with E-state index in [1.165, 1.54) is 21.6 Å². The molecule has 0 N–H and O–H groups in total. The average molecular weight is 70.1 g/mol. The Balaban J connectivity index is 2.30. The van der Waals surface area contributed by atoms with Crippen molar-refractivity contribution in [3.05, 3.63) is 12.7 Å².